The second-order valence-corrected chi connectivity index (χ2v) is 9.29. The van der Waals surface area contributed by atoms with E-state index in [2.05, 4.69) is 0 Å². The van der Waals surface area contributed by atoms with E-state index in [1.165, 1.54) is 4.31 Å². The molecule has 0 atom stereocenters. The Morgan fingerprint density at radius 1 is 1.27 bits per heavy atom. The van der Waals surface area contributed by atoms with E-state index in [1.807, 2.05) is 27.7 Å². The summed E-state index contributed by atoms with van der Waals surface area (Å²) in [5.74, 6) is 0.156. The molecule has 0 saturated carbocycles. The molecule has 0 N–H and O–H groups in total. The first-order valence-corrected chi connectivity index (χ1v) is 9.62. The van der Waals surface area contributed by atoms with Gasteiger partial charge in [0.2, 0.25) is 15.9 Å². The van der Waals surface area contributed by atoms with Gasteiger partial charge in [0, 0.05) is 25.8 Å². The SMILES string of the molecule is CC(C)N1C(=O)CN(S(=O)(=O)CC2CCOCC2)CC1(C)C. The third-order valence-electron chi connectivity index (χ3n) is 4.49. The molecular weight excluding hydrogens is 304 g/mol. The molecule has 0 unspecified atom stereocenters. The Morgan fingerprint density at radius 2 is 1.86 bits per heavy atom. The molecule has 0 aromatic heterocycles. The number of amides is 1. The van der Waals surface area contributed by atoms with E-state index in [0.29, 0.717) is 19.8 Å². The smallest absolute Gasteiger partial charge is 0.238 e. The average molecular weight is 332 g/mol. The molecule has 128 valence electrons. The van der Waals surface area contributed by atoms with Crippen molar-refractivity contribution >= 4 is 15.9 Å². The van der Waals surface area contributed by atoms with E-state index in [1.54, 1.807) is 4.90 Å². The first kappa shape index (κ1) is 17.7. The van der Waals surface area contributed by atoms with Crippen LogP contribution in [0.1, 0.15) is 40.5 Å². The summed E-state index contributed by atoms with van der Waals surface area (Å²) in [7, 11) is -3.41. The van der Waals surface area contributed by atoms with Crippen LogP contribution in [0.3, 0.4) is 0 Å². The molecule has 22 heavy (non-hydrogen) atoms. The lowest BCUT2D eigenvalue weighted by Gasteiger charge is -2.48. The van der Waals surface area contributed by atoms with Crippen LogP contribution in [-0.2, 0) is 19.6 Å². The van der Waals surface area contributed by atoms with E-state index < -0.39 is 15.6 Å². The van der Waals surface area contributed by atoms with E-state index >= 15 is 0 Å². The fraction of sp³-hybridized carbons (Fsp3) is 0.933. The minimum atomic E-state index is -3.41. The highest BCUT2D eigenvalue weighted by Crippen LogP contribution is 2.27. The molecule has 2 aliphatic heterocycles. The lowest BCUT2D eigenvalue weighted by atomic mass is 9.98. The molecule has 0 bridgehead atoms. The lowest BCUT2D eigenvalue weighted by molar-refractivity contribution is -0.144. The maximum Gasteiger partial charge on any atom is 0.238 e. The molecule has 6 nitrogen and oxygen atoms in total. The summed E-state index contributed by atoms with van der Waals surface area (Å²) in [6.45, 7) is 9.38. The Labute approximate surface area is 133 Å². The number of rotatable bonds is 4. The Balaban J connectivity index is 2.10. The van der Waals surface area contributed by atoms with Crippen LogP contribution in [0.4, 0.5) is 0 Å². The minimum Gasteiger partial charge on any atom is -0.381 e. The first-order chi connectivity index (χ1) is 10.1. The summed E-state index contributed by atoms with van der Waals surface area (Å²) >= 11 is 0. The second kappa shape index (κ2) is 6.45. The normalized spacial score (nSPS) is 25.0. The highest BCUT2D eigenvalue weighted by atomic mass is 32.2. The Bertz CT molecular complexity index is 510. The van der Waals surface area contributed by atoms with Crippen LogP contribution in [0, 0.1) is 5.92 Å². The highest BCUT2D eigenvalue weighted by molar-refractivity contribution is 7.89. The minimum absolute atomic E-state index is 0.0346. The van der Waals surface area contributed by atoms with E-state index in [-0.39, 0.29) is 30.2 Å². The quantitative estimate of drug-likeness (QED) is 0.772. The van der Waals surface area contributed by atoms with Gasteiger partial charge in [-0.2, -0.15) is 4.31 Å². The molecular formula is C15H28N2O4S. The Kier molecular flexibility index (Phi) is 5.19. The highest BCUT2D eigenvalue weighted by Gasteiger charge is 2.43. The zero-order valence-electron chi connectivity index (χ0n) is 14.0. The summed E-state index contributed by atoms with van der Waals surface area (Å²) in [5.41, 5.74) is -0.480. The number of hydrogen-bond donors (Lipinski definition) is 0. The summed E-state index contributed by atoms with van der Waals surface area (Å²) in [5, 5.41) is 0. The molecule has 2 aliphatic rings. The van der Waals surface area contributed by atoms with Gasteiger partial charge in [0.15, 0.2) is 0 Å². The Morgan fingerprint density at radius 3 is 2.36 bits per heavy atom. The first-order valence-electron chi connectivity index (χ1n) is 8.01. The van der Waals surface area contributed by atoms with Crippen molar-refractivity contribution < 1.29 is 17.9 Å². The average Bonchev–Trinajstić information content (AvgIpc) is 2.36. The van der Waals surface area contributed by atoms with Crippen molar-refractivity contribution in [3.63, 3.8) is 0 Å². The van der Waals surface area contributed by atoms with Crippen molar-refractivity contribution in [3.8, 4) is 0 Å². The largest absolute Gasteiger partial charge is 0.381 e. The molecule has 7 heteroatoms. The summed E-state index contributed by atoms with van der Waals surface area (Å²) < 4.78 is 32.0. The summed E-state index contributed by atoms with van der Waals surface area (Å²) in [6.07, 6.45) is 1.56. The van der Waals surface area contributed by atoms with Gasteiger partial charge in [-0.1, -0.05) is 0 Å². The van der Waals surface area contributed by atoms with Crippen molar-refractivity contribution in [1.29, 1.82) is 0 Å². The van der Waals surface area contributed by atoms with Crippen molar-refractivity contribution in [2.45, 2.75) is 52.1 Å². The van der Waals surface area contributed by atoms with E-state index in [9.17, 15) is 13.2 Å². The van der Waals surface area contributed by atoms with Gasteiger partial charge < -0.3 is 9.64 Å². The van der Waals surface area contributed by atoms with Crippen molar-refractivity contribution in [3.05, 3.63) is 0 Å². The fourth-order valence-corrected chi connectivity index (χ4v) is 5.59. The van der Waals surface area contributed by atoms with Gasteiger partial charge in [0.05, 0.1) is 17.8 Å². The van der Waals surface area contributed by atoms with Gasteiger partial charge in [0.1, 0.15) is 0 Å². The van der Waals surface area contributed by atoms with Gasteiger partial charge in [0.25, 0.3) is 0 Å². The predicted octanol–water partition coefficient (Wildman–Crippen LogP) is 1.07. The van der Waals surface area contributed by atoms with Crippen LogP contribution in [0.2, 0.25) is 0 Å². The van der Waals surface area contributed by atoms with Crippen LogP contribution < -0.4 is 0 Å². The van der Waals surface area contributed by atoms with Gasteiger partial charge in [-0.15, -0.1) is 0 Å². The monoisotopic (exact) mass is 332 g/mol. The molecule has 1 amide bonds. The van der Waals surface area contributed by atoms with E-state index in [4.69, 9.17) is 4.74 Å². The number of piperazine rings is 1. The molecule has 2 fully saturated rings. The number of ether oxygens (including phenoxy) is 1. The number of carbonyl (C=O) groups is 1. The van der Waals surface area contributed by atoms with Crippen LogP contribution in [0.25, 0.3) is 0 Å². The lowest BCUT2D eigenvalue weighted by Crippen LogP contribution is -2.65. The predicted molar refractivity (Wildman–Crippen MR) is 85.0 cm³/mol. The maximum absolute atomic E-state index is 12.7. The Hall–Kier alpha value is -0.660. The zero-order valence-corrected chi connectivity index (χ0v) is 14.9. The number of nitrogens with zero attached hydrogens (tertiary/aromatic N) is 2. The van der Waals surface area contributed by atoms with Crippen LogP contribution in [0.15, 0.2) is 0 Å². The van der Waals surface area contributed by atoms with Crippen molar-refractivity contribution in [2.75, 3.05) is 32.1 Å². The standard InChI is InChI=1S/C15H28N2O4S/c1-12(2)17-14(18)9-16(11-15(17,3)4)22(19,20)10-13-5-7-21-8-6-13/h12-13H,5-11H2,1-4H3. The summed E-state index contributed by atoms with van der Waals surface area (Å²) in [4.78, 5) is 14.2. The second-order valence-electron chi connectivity index (χ2n) is 7.27. The van der Waals surface area contributed by atoms with Crippen LogP contribution in [0.5, 0.6) is 0 Å². The van der Waals surface area contributed by atoms with Gasteiger partial charge >= 0.3 is 0 Å². The third-order valence-corrected chi connectivity index (χ3v) is 6.43. The molecule has 0 aliphatic carbocycles. The number of sulfonamides is 1. The summed E-state index contributed by atoms with van der Waals surface area (Å²) in [6, 6.07) is 0.0721. The molecule has 0 aromatic carbocycles. The van der Waals surface area contributed by atoms with E-state index in [0.717, 1.165) is 12.8 Å². The third kappa shape index (κ3) is 3.81. The fourth-order valence-electron chi connectivity index (χ4n) is 3.63. The zero-order chi connectivity index (χ0) is 16.5. The van der Waals surface area contributed by atoms with Crippen molar-refractivity contribution in [1.82, 2.24) is 9.21 Å². The maximum atomic E-state index is 12.7. The molecule has 0 spiro atoms. The topological polar surface area (TPSA) is 66.9 Å². The van der Waals surface area contributed by atoms with Gasteiger partial charge in [-0.3, -0.25) is 4.79 Å². The van der Waals surface area contributed by atoms with Crippen LogP contribution in [-0.4, -0.2) is 67.2 Å². The molecule has 2 heterocycles. The van der Waals surface area contributed by atoms with Gasteiger partial charge in [-0.05, 0) is 46.5 Å². The van der Waals surface area contributed by atoms with Gasteiger partial charge in [-0.25, -0.2) is 8.42 Å². The van der Waals surface area contributed by atoms with Crippen LogP contribution >= 0.6 is 0 Å². The van der Waals surface area contributed by atoms with Crippen molar-refractivity contribution in [2.24, 2.45) is 5.92 Å². The molecule has 0 aromatic rings. The number of hydrogen-bond acceptors (Lipinski definition) is 4. The molecule has 2 saturated heterocycles. The molecule has 0 radical (unpaired) electrons. The number of carbonyl (C=O) groups excluding carboxylic acids is 1. The molecule has 2 rings (SSSR count).